The Morgan fingerprint density at radius 2 is 1.95 bits per heavy atom. The zero-order valence-corrected chi connectivity index (χ0v) is 12.2. The summed E-state index contributed by atoms with van der Waals surface area (Å²) in [6.07, 6.45) is -3.76. The lowest BCUT2D eigenvalue weighted by atomic mass is 10.2. The minimum absolute atomic E-state index is 0.0636. The van der Waals surface area contributed by atoms with Gasteiger partial charge in [0.1, 0.15) is 17.1 Å². The molecule has 0 aliphatic heterocycles. The van der Waals surface area contributed by atoms with Crippen molar-refractivity contribution in [2.45, 2.75) is 13.1 Å². The molecule has 1 aromatic heterocycles. The van der Waals surface area contributed by atoms with Crippen LogP contribution in [0.15, 0.2) is 24.4 Å². The van der Waals surface area contributed by atoms with E-state index in [0.29, 0.717) is 11.4 Å². The number of rotatable bonds is 4. The Morgan fingerprint density at radius 3 is 2.55 bits per heavy atom. The molecule has 2 N–H and O–H groups in total. The van der Waals surface area contributed by atoms with Crippen LogP contribution in [-0.2, 0) is 6.18 Å². The van der Waals surface area contributed by atoms with Crippen LogP contribution in [0.4, 0.5) is 30.6 Å². The monoisotopic (exact) mass is 312 g/mol. The van der Waals surface area contributed by atoms with Gasteiger partial charge in [-0.1, -0.05) is 6.07 Å². The van der Waals surface area contributed by atoms with E-state index in [1.807, 2.05) is 13.0 Å². The van der Waals surface area contributed by atoms with Crippen molar-refractivity contribution < 1.29 is 17.9 Å². The van der Waals surface area contributed by atoms with Gasteiger partial charge in [-0.15, -0.1) is 0 Å². The number of hydrogen-bond donors (Lipinski definition) is 2. The number of methoxy groups -OCH3 is 1. The molecule has 0 radical (unpaired) electrons. The van der Waals surface area contributed by atoms with E-state index in [0.717, 1.165) is 11.8 Å². The Kier molecular flexibility index (Phi) is 4.39. The highest BCUT2D eigenvalue weighted by molar-refractivity contribution is 5.62. The molecule has 5 nitrogen and oxygen atoms in total. The third kappa shape index (κ3) is 3.38. The highest BCUT2D eigenvalue weighted by Crippen LogP contribution is 2.34. The zero-order valence-electron chi connectivity index (χ0n) is 12.2. The van der Waals surface area contributed by atoms with Gasteiger partial charge in [-0.25, -0.2) is 4.98 Å². The second-order valence-electron chi connectivity index (χ2n) is 4.51. The van der Waals surface area contributed by atoms with Crippen molar-refractivity contribution in [3.63, 3.8) is 0 Å². The number of anilines is 3. The smallest absolute Gasteiger partial charge is 0.421 e. The molecule has 0 saturated carbocycles. The molecular formula is C14H15F3N4O. The van der Waals surface area contributed by atoms with Gasteiger partial charge >= 0.3 is 6.18 Å². The van der Waals surface area contributed by atoms with Gasteiger partial charge in [-0.2, -0.15) is 18.2 Å². The van der Waals surface area contributed by atoms with Crippen LogP contribution in [0, 0.1) is 6.92 Å². The first kappa shape index (κ1) is 15.9. The first-order valence-corrected chi connectivity index (χ1v) is 6.39. The highest BCUT2D eigenvalue weighted by Gasteiger charge is 2.35. The lowest BCUT2D eigenvalue weighted by molar-refractivity contribution is -0.137. The summed E-state index contributed by atoms with van der Waals surface area (Å²) in [5, 5.41) is 5.32. The Morgan fingerprint density at radius 1 is 1.23 bits per heavy atom. The number of benzene rings is 1. The van der Waals surface area contributed by atoms with Gasteiger partial charge in [0.05, 0.1) is 7.11 Å². The predicted molar refractivity (Wildman–Crippen MR) is 77.6 cm³/mol. The Balaban J connectivity index is 2.35. The fraction of sp³-hybridized carbons (Fsp3) is 0.286. The molecule has 0 bridgehead atoms. The molecule has 0 atom stereocenters. The van der Waals surface area contributed by atoms with Crippen LogP contribution in [0.2, 0.25) is 0 Å². The summed E-state index contributed by atoms with van der Waals surface area (Å²) in [6.45, 7) is 1.85. The molecule has 0 unspecified atom stereocenters. The fourth-order valence-electron chi connectivity index (χ4n) is 1.82. The van der Waals surface area contributed by atoms with Crippen LogP contribution >= 0.6 is 0 Å². The average Bonchev–Trinajstić information content (AvgIpc) is 2.48. The molecule has 0 fully saturated rings. The summed E-state index contributed by atoms with van der Waals surface area (Å²) in [7, 11) is 2.90. The number of halogens is 3. The molecule has 118 valence electrons. The van der Waals surface area contributed by atoms with E-state index in [9.17, 15) is 13.2 Å². The number of nitrogens with zero attached hydrogens (tertiary/aromatic N) is 2. The van der Waals surface area contributed by atoms with Gasteiger partial charge < -0.3 is 15.4 Å². The third-order valence-corrected chi connectivity index (χ3v) is 3.02. The van der Waals surface area contributed by atoms with Crippen LogP contribution < -0.4 is 15.4 Å². The van der Waals surface area contributed by atoms with Crippen LogP contribution in [0.3, 0.4) is 0 Å². The summed E-state index contributed by atoms with van der Waals surface area (Å²) in [6, 6.07) is 5.33. The SMILES string of the molecule is CNc1nc(Nc2cc(OC)ccc2C)ncc1C(F)(F)F. The van der Waals surface area contributed by atoms with Crippen molar-refractivity contribution in [1.82, 2.24) is 9.97 Å². The Labute approximate surface area is 125 Å². The molecule has 22 heavy (non-hydrogen) atoms. The van der Waals surface area contributed by atoms with E-state index in [2.05, 4.69) is 20.6 Å². The minimum atomic E-state index is -4.51. The zero-order chi connectivity index (χ0) is 16.3. The van der Waals surface area contributed by atoms with E-state index in [1.54, 1.807) is 12.1 Å². The van der Waals surface area contributed by atoms with Gasteiger partial charge in [-0.05, 0) is 18.6 Å². The van der Waals surface area contributed by atoms with Crippen molar-refractivity contribution in [2.75, 3.05) is 24.8 Å². The molecule has 2 rings (SSSR count). The maximum Gasteiger partial charge on any atom is 0.421 e. The van der Waals surface area contributed by atoms with Crippen molar-refractivity contribution in [3.8, 4) is 5.75 Å². The van der Waals surface area contributed by atoms with Gasteiger partial charge in [0.25, 0.3) is 0 Å². The van der Waals surface area contributed by atoms with E-state index < -0.39 is 11.7 Å². The number of aryl methyl sites for hydroxylation is 1. The van der Waals surface area contributed by atoms with Crippen LogP contribution in [0.5, 0.6) is 5.75 Å². The predicted octanol–water partition coefficient (Wildman–Crippen LogP) is 3.60. The highest BCUT2D eigenvalue weighted by atomic mass is 19.4. The molecule has 1 aromatic carbocycles. The summed E-state index contributed by atoms with van der Waals surface area (Å²) in [5.74, 6) is 0.396. The van der Waals surface area contributed by atoms with Crippen LogP contribution in [0.1, 0.15) is 11.1 Å². The van der Waals surface area contributed by atoms with Gasteiger partial charge in [0, 0.05) is 25.0 Å². The number of alkyl halides is 3. The van der Waals surface area contributed by atoms with Crippen molar-refractivity contribution in [1.29, 1.82) is 0 Å². The first-order chi connectivity index (χ1) is 10.3. The normalized spacial score (nSPS) is 11.2. The fourth-order valence-corrected chi connectivity index (χ4v) is 1.82. The minimum Gasteiger partial charge on any atom is -0.497 e. The topological polar surface area (TPSA) is 59.1 Å². The maximum atomic E-state index is 12.8. The summed E-state index contributed by atoms with van der Waals surface area (Å²) < 4.78 is 43.5. The second kappa shape index (κ2) is 6.08. The summed E-state index contributed by atoms with van der Waals surface area (Å²) in [5.41, 5.74) is 0.624. The Bertz CT molecular complexity index is 674. The number of ether oxygens (including phenoxy) is 1. The molecular weight excluding hydrogens is 297 g/mol. The molecule has 0 spiro atoms. The van der Waals surface area contributed by atoms with Gasteiger partial charge in [-0.3, -0.25) is 0 Å². The average molecular weight is 312 g/mol. The molecule has 0 saturated heterocycles. The number of aromatic nitrogens is 2. The van der Waals surface area contributed by atoms with Crippen LogP contribution in [-0.4, -0.2) is 24.1 Å². The summed E-state index contributed by atoms with van der Waals surface area (Å²) >= 11 is 0. The molecule has 0 aliphatic carbocycles. The number of hydrogen-bond acceptors (Lipinski definition) is 5. The van der Waals surface area contributed by atoms with E-state index in [-0.39, 0.29) is 11.8 Å². The quantitative estimate of drug-likeness (QED) is 0.903. The molecule has 0 amide bonds. The van der Waals surface area contributed by atoms with Crippen LogP contribution in [0.25, 0.3) is 0 Å². The number of nitrogens with one attached hydrogen (secondary N) is 2. The molecule has 0 aliphatic rings. The Hall–Kier alpha value is -2.51. The lowest BCUT2D eigenvalue weighted by Crippen LogP contribution is -2.12. The maximum absolute atomic E-state index is 12.8. The molecule has 8 heteroatoms. The third-order valence-electron chi connectivity index (χ3n) is 3.02. The van der Waals surface area contributed by atoms with Gasteiger partial charge in [0.2, 0.25) is 5.95 Å². The lowest BCUT2D eigenvalue weighted by Gasteiger charge is -2.14. The van der Waals surface area contributed by atoms with E-state index in [1.165, 1.54) is 14.2 Å². The van der Waals surface area contributed by atoms with Crippen molar-refractivity contribution in [2.24, 2.45) is 0 Å². The van der Waals surface area contributed by atoms with E-state index in [4.69, 9.17) is 4.74 Å². The first-order valence-electron chi connectivity index (χ1n) is 6.39. The second-order valence-corrected chi connectivity index (χ2v) is 4.51. The molecule has 1 heterocycles. The van der Waals surface area contributed by atoms with Crippen molar-refractivity contribution in [3.05, 3.63) is 35.5 Å². The largest absolute Gasteiger partial charge is 0.497 e. The van der Waals surface area contributed by atoms with Crippen molar-refractivity contribution >= 4 is 17.5 Å². The standard InChI is InChI=1S/C14H15F3N4O/c1-8-4-5-9(22-3)6-11(8)20-13-19-7-10(14(15,16)17)12(18-2)21-13/h4-7H,1-3H3,(H2,18,19,20,21). The van der Waals surface area contributed by atoms with Gasteiger partial charge in [0.15, 0.2) is 0 Å². The summed E-state index contributed by atoms with van der Waals surface area (Å²) in [4.78, 5) is 7.58. The van der Waals surface area contributed by atoms with E-state index >= 15 is 0 Å². The molecule has 2 aromatic rings.